The lowest BCUT2D eigenvalue weighted by Crippen LogP contribution is -2.20. The molecule has 1 aromatic heterocycles. The Balaban J connectivity index is 2.42. The van der Waals surface area contributed by atoms with Crippen LogP contribution < -0.4 is 5.32 Å². The Morgan fingerprint density at radius 2 is 2.33 bits per heavy atom. The van der Waals surface area contributed by atoms with Crippen molar-refractivity contribution < 1.29 is 14.3 Å². The summed E-state index contributed by atoms with van der Waals surface area (Å²) in [6.07, 6.45) is -1.20. The van der Waals surface area contributed by atoms with Gasteiger partial charge in [-0.05, 0) is 12.1 Å². The Hall–Kier alpha value is -1.76. The number of halogens is 1. The summed E-state index contributed by atoms with van der Waals surface area (Å²) in [7, 11) is 0. The molecule has 0 aliphatic carbocycles. The smallest absolute Gasteiger partial charge is 0.404 e. The molecule has 1 amide bonds. The summed E-state index contributed by atoms with van der Waals surface area (Å²) in [4.78, 5) is 10.3. The third-order valence-corrected chi connectivity index (χ3v) is 2.43. The Kier molecular flexibility index (Phi) is 2.46. The van der Waals surface area contributed by atoms with Crippen molar-refractivity contribution in [3.05, 3.63) is 23.5 Å². The minimum Gasteiger partial charge on any atom is -0.465 e. The van der Waals surface area contributed by atoms with Crippen LogP contribution in [0.5, 0.6) is 0 Å². The highest BCUT2D eigenvalue weighted by molar-refractivity contribution is 7.00. The molecule has 78 valence electrons. The summed E-state index contributed by atoms with van der Waals surface area (Å²) in [5.74, 6) is -0.482. The Labute approximate surface area is 87.9 Å². The zero-order valence-corrected chi connectivity index (χ0v) is 8.21. The molecule has 0 saturated heterocycles. The number of benzene rings is 1. The molecular weight excluding hydrogens is 221 g/mol. The quantitative estimate of drug-likeness (QED) is 0.817. The first kappa shape index (κ1) is 9.78. The summed E-state index contributed by atoms with van der Waals surface area (Å²) in [5.41, 5.74) is 1.21. The van der Waals surface area contributed by atoms with Crippen LogP contribution in [0.4, 0.5) is 9.18 Å². The minimum absolute atomic E-state index is 0.107. The molecule has 0 saturated carbocycles. The number of nitrogens with zero attached hydrogens (tertiary/aromatic N) is 2. The van der Waals surface area contributed by atoms with Crippen LogP contribution in [0.15, 0.2) is 12.1 Å². The SMILES string of the molecule is O=C(O)NCc1c(F)ccc2nsnc12. The number of fused-ring (bicyclic) bond motifs is 1. The molecule has 15 heavy (non-hydrogen) atoms. The molecule has 2 aromatic rings. The van der Waals surface area contributed by atoms with E-state index in [2.05, 4.69) is 14.1 Å². The normalized spacial score (nSPS) is 10.5. The molecular formula is C8H6FN3O2S. The average molecular weight is 227 g/mol. The standard InChI is InChI=1S/C8H6FN3O2S/c9-5-1-2-6-7(12-15-11-6)4(5)3-10-8(13)14/h1-2,10H,3H2,(H,13,14). The van der Waals surface area contributed by atoms with Crippen LogP contribution >= 0.6 is 11.7 Å². The van der Waals surface area contributed by atoms with Gasteiger partial charge in [-0.1, -0.05) is 0 Å². The van der Waals surface area contributed by atoms with Gasteiger partial charge in [-0.3, -0.25) is 0 Å². The molecule has 0 atom stereocenters. The van der Waals surface area contributed by atoms with Crippen molar-refractivity contribution in [1.82, 2.24) is 14.1 Å². The fourth-order valence-corrected chi connectivity index (χ4v) is 1.77. The largest absolute Gasteiger partial charge is 0.465 e. The third kappa shape index (κ3) is 1.86. The van der Waals surface area contributed by atoms with E-state index in [0.29, 0.717) is 11.0 Å². The van der Waals surface area contributed by atoms with Crippen molar-refractivity contribution in [2.24, 2.45) is 0 Å². The number of nitrogens with one attached hydrogen (secondary N) is 1. The molecule has 0 unspecified atom stereocenters. The maximum atomic E-state index is 13.4. The molecule has 2 rings (SSSR count). The lowest BCUT2D eigenvalue weighted by Gasteiger charge is -2.03. The van der Waals surface area contributed by atoms with Crippen LogP contribution in [-0.2, 0) is 6.54 Å². The van der Waals surface area contributed by atoms with E-state index in [1.807, 2.05) is 0 Å². The first-order valence-electron chi connectivity index (χ1n) is 4.05. The number of rotatable bonds is 2. The van der Waals surface area contributed by atoms with Crippen LogP contribution in [0.2, 0.25) is 0 Å². The number of carbonyl (C=O) groups is 1. The maximum absolute atomic E-state index is 13.4. The lowest BCUT2D eigenvalue weighted by molar-refractivity contribution is 0.194. The highest BCUT2D eigenvalue weighted by atomic mass is 32.1. The van der Waals surface area contributed by atoms with E-state index in [-0.39, 0.29) is 12.1 Å². The van der Waals surface area contributed by atoms with Crippen LogP contribution in [-0.4, -0.2) is 19.9 Å². The van der Waals surface area contributed by atoms with Gasteiger partial charge in [0.15, 0.2) is 0 Å². The van der Waals surface area contributed by atoms with E-state index in [4.69, 9.17) is 5.11 Å². The van der Waals surface area contributed by atoms with Gasteiger partial charge < -0.3 is 10.4 Å². The number of aromatic nitrogens is 2. The zero-order chi connectivity index (χ0) is 10.8. The predicted molar refractivity (Wildman–Crippen MR) is 52.2 cm³/mol. The van der Waals surface area contributed by atoms with Gasteiger partial charge in [0, 0.05) is 5.56 Å². The van der Waals surface area contributed by atoms with E-state index < -0.39 is 11.9 Å². The molecule has 5 nitrogen and oxygen atoms in total. The fourth-order valence-electron chi connectivity index (χ4n) is 1.21. The Bertz CT molecular complexity index is 514. The highest BCUT2D eigenvalue weighted by Crippen LogP contribution is 2.19. The van der Waals surface area contributed by atoms with Gasteiger partial charge in [0.1, 0.15) is 16.9 Å². The fraction of sp³-hybridized carbons (Fsp3) is 0.125. The van der Waals surface area contributed by atoms with E-state index in [9.17, 15) is 9.18 Å². The van der Waals surface area contributed by atoms with E-state index >= 15 is 0 Å². The van der Waals surface area contributed by atoms with E-state index in [0.717, 1.165) is 11.7 Å². The number of hydrogen-bond acceptors (Lipinski definition) is 4. The lowest BCUT2D eigenvalue weighted by atomic mass is 10.1. The molecule has 2 N–H and O–H groups in total. The molecule has 0 aliphatic rings. The van der Waals surface area contributed by atoms with Crippen molar-refractivity contribution >= 4 is 28.9 Å². The van der Waals surface area contributed by atoms with Gasteiger partial charge in [0.25, 0.3) is 0 Å². The van der Waals surface area contributed by atoms with E-state index in [1.165, 1.54) is 12.1 Å². The second-order valence-corrected chi connectivity index (χ2v) is 3.35. The highest BCUT2D eigenvalue weighted by Gasteiger charge is 2.11. The summed E-state index contributed by atoms with van der Waals surface area (Å²) in [6, 6.07) is 2.76. The van der Waals surface area contributed by atoms with Crippen LogP contribution in [0.25, 0.3) is 11.0 Å². The molecule has 0 fully saturated rings. The predicted octanol–water partition coefficient (Wildman–Crippen LogP) is 1.60. The molecule has 7 heteroatoms. The number of hydrogen-bond donors (Lipinski definition) is 2. The summed E-state index contributed by atoms with van der Waals surface area (Å²) < 4.78 is 21.2. The van der Waals surface area contributed by atoms with Crippen molar-refractivity contribution in [3.63, 3.8) is 0 Å². The first-order chi connectivity index (χ1) is 7.18. The molecule has 0 spiro atoms. The molecule has 0 radical (unpaired) electrons. The van der Waals surface area contributed by atoms with Crippen LogP contribution in [0.1, 0.15) is 5.56 Å². The molecule has 0 aliphatic heterocycles. The van der Waals surface area contributed by atoms with Crippen molar-refractivity contribution in [1.29, 1.82) is 0 Å². The molecule has 1 aromatic carbocycles. The Morgan fingerprint density at radius 1 is 1.53 bits per heavy atom. The Morgan fingerprint density at radius 3 is 3.07 bits per heavy atom. The minimum atomic E-state index is -1.20. The molecule has 0 bridgehead atoms. The van der Waals surface area contributed by atoms with Crippen molar-refractivity contribution in [2.75, 3.05) is 0 Å². The van der Waals surface area contributed by atoms with Crippen molar-refractivity contribution in [3.8, 4) is 0 Å². The number of amides is 1. The average Bonchev–Trinajstić information content (AvgIpc) is 2.63. The van der Waals surface area contributed by atoms with Crippen LogP contribution in [0.3, 0.4) is 0 Å². The van der Waals surface area contributed by atoms with Gasteiger partial charge in [-0.2, -0.15) is 8.75 Å². The van der Waals surface area contributed by atoms with E-state index in [1.54, 1.807) is 0 Å². The van der Waals surface area contributed by atoms with Gasteiger partial charge in [0.05, 0.1) is 18.3 Å². The van der Waals surface area contributed by atoms with Gasteiger partial charge in [-0.15, -0.1) is 0 Å². The second-order valence-electron chi connectivity index (χ2n) is 2.82. The zero-order valence-electron chi connectivity index (χ0n) is 7.40. The van der Waals surface area contributed by atoms with Gasteiger partial charge >= 0.3 is 6.09 Å². The first-order valence-corrected chi connectivity index (χ1v) is 4.78. The van der Waals surface area contributed by atoms with Crippen molar-refractivity contribution in [2.45, 2.75) is 6.54 Å². The molecule has 1 heterocycles. The summed E-state index contributed by atoms with van der Waals surface area (Å²) in [6.45, 7) is -0.107. The number of carboxylic acid groups (broad SMARTS) is 1. The maximum Gasteiger partial charge on any atom is 0.404 e. The van der Waals surface area contributed by atoms with Gasteiger partial charge in [0.2, 0.25) is 0 Å². The second kappa shape index (κ2) is 3.77. The summed E-state index contributed by atoms with van der Waals surface area (Å²) >= 11 is 0.968. The topological polar surface area (TPSA) is 75.1 Å². The van der Waals surface area contributed by atoms with Crippen LogP contribution in [0, 0.1) is 5.82 Å². The monoisotopic (exact) mass is 227 g/mol. The third-order valence-electron chi connectivity index (χ3n) is 1.89. The van der Waals surface area contributed by atoms with Gasteiger partial charge in [-0.25, -0.2) is 9.18 Å². The summed E-state index contributed by atoms with van der Waals surface area (Å²) in [5, 5.41) is 10.5.